The number of halogens is 1. The quantitative estimate of drug-likeness (QED) is 0.813. The first-order valence-electron chi connectivity index (χ1n) is 8.52. The van der Waals surface area contributed by atoms with Crippen molar-refractivity contribution in [1.82, 2.24) is 10.9 Å². The van der Waals surface area contributed by atoms with Crippen LogP contribution in [0.5, 0.6) is 5.75 Å². The van der Waals surface area contributed by atoms with Gasteiger partial charge in [0.05, 0.1) is 0 Å². The van der Waals surface area contributed by atoms with Crippen LogP contribution in [0.4, 0.5) is 4.39 Å². The minimum atomic E-state index is -0.793. The second kappa shape index (κ2) is 7.20. The molecule has 0 saturated heterocycles. The van der Waals surface area contributed by atoms with Crippen molar-refractivity contribution in [2.24, 2.45) is 17.8 Å². The lowest BCUT2D eigenvalue weighted by Gasteiger charge is -2.21. The molecule has 2 N–H and O–H groups in total. The zero-order chi connectivity index (χ0) is 17.1. The highest BCUT2D eigenvalue weighted by Crippen LogP contribution is 2.49. The van der Waals surface area contributed by atoms with Crippen molar-refractivity contribution in [3.8, 4) is 5.75 Å². The van der Waals surface area contributed by atoms with E-state index in [0.717, 1.165) is 12.3 Å². The van der Waals surface area contributed by atoms with Gasteiger partial charge in [0.1, 0.15) is 11.6 Å². The molecule has 0 aromatic heterocycles. The normalized spacial score (nSPS) is 26.0. The Labute approximate surface area is 140 Å². The molecule has 0 radical (unpaired) electrons. The topological polar surface area (TPSA) is 67.4 Å². The summed E-state index contributed by atoms with van der Waals surface area (Å²) < 4.78 is 18.2. The van der Waals surface area contributed by atoms with E-state index < -0.39 is 12.0 Å². The molecular weight excluding hydrogens is 311 g/mol. The Morgan fingerprint density at radius 3 is 2.58 bits per heavy atom. The summed E-state index contributed by atoms with van der Waals surface area (Å²) in [6.07, 6.45) is 4.60. The molecule has 2 amide bonds. The molecule has 2 fully saturated rings. The maximum atomic E-state index is 12.8. The van der Waals surface area contributed by atoms with Crippen molar-refractivity contribution >= 4 is 11.8 Å². The van der Waals surface area contributed by atoms with Crippen LogP contribution in [0.3, 0.4) is 0 Å². The first kappa shape index (κ1) is 16.7. The van der Waals surface area contributed by atoms with Crippen LogP contribution in [0.2, 0.25) is 0 Å². The van der Waals surface area contributed by atoms with Crippen LogP contribution in [0, 0.1) is 23.6 Å². The summed E-state index contributed by atoms with van der Waals surface area (Å²) in [5, 5.41) is 0. The van der Waals surface area contributed by atoms with Gasteiger partial charge in [-0.2, -0.15) is 0 Å². The van der Waals surface area contributed by atoms with E-state index in [0.29, 0.717) is 24.0 Å². The van der Waals surface area contributed by atoms with Gasteiger partial charge in [0.2, 0.25) is 5.91 Å². The van der Waals surface area contributed by atoms with Crippen LogP contribution in [-0.2, 0) is 9.59 Å². The molecule has 130 valence electrons. The number of amides is 2. The summed E-state index contributed by atoms with van der Waals surface area (Å²) in [5.74, 6) is 1.35. The van der Waals surface area contributed by atoms with E-state index in [1.165, 1.54) is 43.5 Å². The minimum absolute atomic E-state index is 0.158. The van der Waals surface area contributed by atoms with Crippen LogP contribution in [-0.4, -0.2) is 17.9 Å². The first-order chi connectivity index (χ1) is 11.5. The molecule has 24 heavy (non-hydrogen) atoms. The maximum absolute atomic E-state index is 12.8. The van der Waals surface area contributed by atoms with Gasteiger partial charge in [-0.15, -0.1) is 0 Å². The Bertz CT molecular complexity index is 605. The van der Waals surface area contributed by atoms with E-state index in [1.807, 2.05) is 0 Å². The van der Waals surface area contributed by atoms with E-state index in [4.69, 9.17) is 4.74 Å². The van der Waals surface area contributed by atoms with Crippen LogP contribution >= 0.6 is 0 Å². The fourth-order valence-electron chi connectivity index (χ4n) is 3.92. The number of carbonyl (C=O) groups excluding carboxylic acids is 2. The van der Waals surface area contributed by atoms with E-state index in [-0.39, 0.29) is 11.7 Å². The van der Waals surface area contributed by atoms with Gasteiger partial charge in [0, 0.05) is 6.42 Å². The molecule has 6 heteroatoms. The average molecular weight is 334 g/mol. The van der Waals surface area contributed by atoms with Gasteiger partial charge in [-0.25, -0.2) is 4.39 Å². The summed E-state index contributed by atoms with van der Waals surface area (Å²) in [6, 6.07) is 5.42. The zero-order valence-electron chi connectivity index (χ0n) is 13.8. The SMILES string of the molecule is CC(Oc1ccc(F)cc1)C(=O)NNC(=O)CC1CC2CCC1C2. The van der Waals surface area contributed by atoms with Crippen LogP contribution < -0.4 is 15.6 Å². The number of hydrazine groups is 1. The molecule has 2 saturated carbocycles. The van der Waals surface area contributed by atoms with Crippen molar-refractivity contribution in [1.29, 1.82) is 0 Å². The van der Waals surface area contributed by atoms with E-state index >= 15 is 0 Å². The molecule has 2 bridgehead atoms. The second-order valence-electron chi connectivity index (χ2n) is 6.89. The summed E-state index contributed by atoms with van der Waals surface area (Å²) >= 11 is 0. The van der Waals surface area contributed by atoms with Crippen LogP contribution in [0.1, 0.15) is 39.0 Å². The molecule has 2 aliphatic rings. The molecule has 4 unspecified atom stereocenters. The molecule has 1 aromatic rings. The van der Waals surface area contributed by atoms with Gasteiger partial charge >= 0.3 is 0 Å². The molecule has 4 atom stereocenters. The van der Waals surface area contributed by atoms with E-state index in [2.05, 4.69) is 10.9 Å². The van der Waals surface area contributed by atoms with Crippen LogP contribution in [0.15, 0.2) is 24.3 Å². The number of nitrogens with one attached hydrogen (secondary N) is 2. The summed E-state index contributed by atoms with van der Waals surface area (Å²) in [5.41, 5.74) is 4.86. The molecule has 2 aliphatic carbocycles. The predicted molar refractivity (Wildman–Crippen MR) is 86.3 cm³/mol. The van der Waals surface area contributed by atoms with Gasteiger partial charge in [0.15, 0.2) is 6.10 Å². The number of ether oxygens (including phenoxy) is 1. The largest absolute Gasteiger partial charge is 0.481 e. The maximum Gasteiger partial charge on any atom is 0.279 e. The number of hydrogen-bond acceptors (Lipinski definition) is 3. The Hall–Kier alpha value is -2.11. The van der Waals surface area contributed by atoms with Crippen molar-refractivity contribution in [3.63, 3.8) is 0 Å². The number of fused-ring (bicyclic) bond motifs is 2. The molecule has 5 nitrogen and oxygen atoms in total. The van der Waals surface area contributed by atoms with Gasteiger partial charge in [-0.3, -0.25) is 20.4 Å². The number of rotatable bonds is 5. The fraction of sp³-hybridized carbons (Fsp3) is 0.556. The van der Waals surface area contributed by atoms with Gasteiger partial charge in [0.25, 0.3) is 5.91 Å². The summed E-state index contributed by atoms with van der Waals surface area (Å²) in [7, 11) is 0. The lowest BCUT2D eigenvalue weighted by molar-refractivity contribution is -0.133. The predicted octanol–water partition coefficient (Wildman–Crippen LogP) is 2.57. The smallest absolute Gasteiger partial charge is 0.279 e. The average Bonchev–Trinajstić information content (AvgIpc) is 3.17. The van der Waals surface area contributed by atoms with Gasteiger partial charge < -0.3 is 4.74 Å². The third-order valence-electron chi connectivity index (χ3n) is 5.15. The summed E-state index contributed by atoms with van der Waals surface area (Å²) in [6.45, 7) is 1.57. The zero-order valence-corrected chi connectivity index (χ0v) is 13.8. The molecule has 3 rings (SSSR count). The van der Waals surface area contributed by atoms with E-state index in [1.54, 1.807) is 6.92 Å². The fourth-order valence-corrected chi connectivity index (χ4v) is 3.92. The van der Waals surface area contributed by atoms with Gasteiger partial charge in [-0.05, 0) is 68.2 Å². The van der Waals surface area contributed by atoms with Crippen molar-refractivity contribution in [2.45, 2.75) is 45.1 Å². The molecule has 0 spiro atoms. The molecule has 1 aromatic carbocycles. The first-order valence-corrected chi connectivity index (χ1v) is 8.52. The Balaban J connectivity index is 1.39. The lowest BCUT2D eigenvalue weighted by Crippen LogP contribution is -2.47. The highest BCUT2D eigenvalue weighted by molar-refractivity contribution is 5.84. The minimum Gasteiger partial charge on any atom is -0.481 e. The third kappa shape index (κ3) is 4.04. The highest BCUT2D eigenvalue weighted by atomic mass is 19.1. The standard InChI is InChI=1S/C18H23FN2O3/c1-11(24-16-6-4-15(19)5-7-16)18(23)21-20-17(22)10-14-9-12-2-3-13(14)8-12/h4-7,11-14H,2-3,8-10H2,1H3,(H,20,22)(H,21,23). The Morgan fingerprint density at radius 1 is 1.21 bits per heavy atom. The molecule has 0 heterocycles. The van der Waals surface area contributed by atoms with Crippen molar-refractivity contribution in [3.05, 3.63) is 30.1 Å². The van der Waals surface area contributed by atoms with Crippen molar-refractivity contribution < 1.29 is 18.7 Å². The van der Waals surface area contributed by atoms with Gasteiger partial charge in [-0.1, -0.05) is 6.42 Å². The van der Waals surface area contributed by atoms with E-state index in [9.17, 15) is 14.0 Å². The number of hydrogen-bond donors (Lipinski definition) is 2. The number of benzene rings is 1. The Kier molecular flexibility index (Phi) is 5.02. The second-order valence-corrected chi connectivity index (χ2v) is 6.89. The summed E-state index contributed by atoms with van der Waals surface area (Å²) in [4.78, 5) is 23.9. The Morgan fingerprint density at radius 2 is 1.96 bits per heavy atom. The lowest BCUT2D eigenvalue weighted by atomic mass is 9.86. The molecule has 0 aliphatic heterocycles. The monoisotopic (exact) mass is 334 g/mol. The number of carbonyl (C=O) groups is 2. The highest BCUT2D eigenvalue weighted by Gasteiger charge is 2.40. The molecular formula is C18H23FN2O3. The van der Waals surface area contributed by atoms with Crippen LogP contribution in [0.25, 0.3) is 0 Å². The van der Waals surface area contributed by atoms with Crippen molar-refractivity contribution in [2.75, 3.05) is 0 Å². The third-order valence-corrected chi connectivity index (χ3v) is 5.15.